The number of nitrogens with one attached hydrogen (secondary N) is 2. The van der Waals surface area contributed by atoms with Gasteiger partial charge in [-0.15, -0.1) is 0 Å². The highest BCUT2D eigenvalue weighted by molar-refractivity contribution is 5.84. The molecule has 0 heterocycles. The Kier molecular flexibility index (Phi) is 8.09. The monoisotopic (exact) mass is 452 g/mol. The maximum atomic E-state index is 12.6. The number of hydrogen-bond donors (Lipinski definition) is 3. The molecular weight excluding hydrogens is 420 g/mol. The van der Waals surface area contributed by atoms with Gasteiger partial charge >= 0.3 is 12.1 Å². The first-order valence-corrected chi connectivity index (χ1v) is 11.5. The van der Waals surface area contributed by atoms with Gasteiger partial charge in [-0.05, 0) is 34.6 Å². The normalized spacial score (nSPS) is 14.2. The Balaban J connectivity index is 1.60. The van der Waals surface area contributed by atoms with Crippen LogP contribution in [-0.4, -0.2) is 41.8 Å². The molecule has 3 N–H and O–H groups in total. The summed E-state index contributed by atoms with van der Waals surface area (Å²) < 4.78 is 5.58. The van der Waals surface area contributed by atoms with Crippen LogP contribution in [0, 0.1) is 5.92 Å². The molecule has 2 amide bonds. The number of carboxylic acids is 1. The number of carbonyl (C=O) groups excluding carboxylic acids is 2. The first-order chi connectivity index (χ1) is 15.8. The quantitative estimate of drug-likeness (QED) is 0.498. The Morgan fingerprint density at radius 2 is 1.55 bits per heavy atom. The van der Waals surface area contributed by atoms with Crippen LogP contribution < -0.4 is 10.6 Å². The van der Waals surface area contributed by atoms with Crippen LogP contribution in [0.4, 0.5) is 4.79 Å². The number of rotatable bonds is 10. The predicted octanol–water partition coefficient (Wildman–Crippen LogP) is 4.31. The zero-order valence-corrected chi connectivity index (χ0v) is 19.3. The lowest BCUT2D eigenvalue weighted by Gasteiger charge is -2.23. The van der Waals surface area contributed by atoms with Gasteiger partial charge in [0.25, 0.3) is 0 Å². The van der Waals surface area contributed by atoms with E-state index in [9.17, 15) is 19.5 Å². The minimum atomic E-state index is -1.06. The van der Waals surface area contributed by atoms with E-state index in [0.717, 1.165) is 22.3 Å². The van der Waals surface area contributed by atoms with E-state index in [4.69, 9.17) is 4.74 Å². The molecule has 2 atom stereocenters. The highest BCUT2D eigenvalue weighted by Crippen LogP contribution is 2.44. The van der Waals surface area contributed by atoms with Gasteiger partial charge in [0.05, 0.1) is 0 Å². The minimum Gasteiger partial charge on any atom is -0.480 e. The largest absolute Gasteiger partial charge is 0.480 e. The van der Waals surface area contributed by atoms with Crippen LogP contribution in [0.25, 0.3) is 11.1 Å². The summed E-state index contributed by atoms with van der Waals surface area (Å²) in [5.41, 5.74) is 4.56. The predicted molar refractivity (Wildman–Crippen MR) is 126 cm³/mol. The van der Waals surface area contributed by atoms with Crippen molar-refractivity contribution in [2.24, 2.45) is 5.92 Å². The smallest absolute Gasteiger partial charge is 0.407 e. The molecule has 2 aromatic carbocycles. The number of hydrogen-bond acceptors (Lipinski definition) is 4. The number of carbonyl (C=O) groups is 3. The molecule has 3 rings (SSSR count). The molecule has 1 aliphatic rings. The van der Waals surface area contributed by atoms with E-state index < -0.39 is 30.1 Å². The number of carboxylic acid groups (broad SMARTS) is 1. The summed E-state index contributed by atoms with van der Waals surface area (Å²) in [5, 5.41) is 14.6. The van der Waals surface area contributed by atoms with E-state index in [1.54, 1.807) is 0 Å². The van der Waals surface area contributed by atoms with Gasteiger partial charge in [0.1, 0.15) is 12.6 Å². The van der Waals surface area contributed by atoms with Crippen molar-refractivity contribution in [3.63, 3.8) is 0 Å². The van der Waals surface area contributed by atoms with E-state index in [-0.39, 0.29) is 24.9 Å². The summed E-state index contributed by atoms with van der Waals surface area (Å²) in [7, 11) is 0. The molecule has 0 spiro atoms. The van der Waals surface area contributed by atoms with Gasteiger partial charge in [0.2, 0.25) is 5.91 Å². The molecule has 0 radical (unpaired) electrons. The molecule has 176 valence electrons. The Labute approximate surface area is 194 Å². The zero-order valence-electron chi connectivity index (χ0n) is 19.3. The summed E-state index contributed by atoms with van der Waals surface area (Å²) in [5.74, 6) is -1.55. The second kappa shape index (κ2) is 11.0. The fraction of sp³-hybridized carbons (Fsp3) is 0.423. The molecule has 0 aliphatic heterocycles. The van der Waals surface area contributed by atoms with E-state index in [1.165, 1.54) is 0 Å². The zero-order chi connectivity index (χ0) is 24.0. The van der Waals surface area contributed by atoms with Crippen molar-refractivity contribution in [2.45, 2.75) is 58.0 Å². The third kappa shape index (κ3) is 5.92. The van der Waals surface area contributed by atoms with Gasteiger partial charge in [-0.2, -0.15) is 0 Å². The lowest BCUT2D eigenvalue weighted by atomic mass is 9.98. The van der Waals surface area contributed by atoms with Gasteiger partial charge in [0, 0.05) is 18.4 Å². The lowest BCUT2D eigenvalue weighted by Crippen LogP contribution is -2.46. The molecule has 1 aliphatic carbocycles. The maximum absolute atomic E-state index is 12.6. The molecule has 33 heavy (non-hydrogen) atoms. The number of benzene rings is 2. The van der Waals surface area contributed by atoms with E-state index in [2.05, 4.69) is 34.9 Å². The fourth-order valence-electron chi connectivity index (χ4n) is 4.24. The number of fused-ring (bicyclic) bond motifs is 3. The molecule has 7 heteroatoms. The molecule has 0 aromatic heterocycles. The van der Waals surface area contributed by atoms with Gasteiger partial charge in [-0.3, -0.25) is 4.79 Å². The van der Waals surface area contributed by atoms with E-state index >= 15 is 0 Å². The number of amides is 2. The van der Waals surface area contributed by atoms with Crippen molar-refractivity contribution in [1.82, 2.24) is 10.6 Å². The highest BCUT2D eigenvalue weighted by Gasteiger charge is 2.30. The summed E-state index contributed by atoms with van der Waals surface area (Å²) >= 11 is 0. The van der Waals surface area contributed by atoms with Crippen molar-refractivity contribution in [3.05, 3.63) is 59.7 Å². The van der Waals surface area contributed by atoms with E-state index in [1.807, 2.05) is 45.0 Å². The van der Waals surface area contributed by atoms with Crippen LogP contribution in [0.5, 0.6) is 0 Å². The van der Waals surface area contributed by atoms with Crippen molar-refractivity contribution < 1.29 is 24.2 Å². The SMILES string of the molecule is CCC[C@H](NC(=O)CC(NC(=O)OCC1c2ccccc2-c2ccccc21)C(C)C)C(=O)O. The topological polar surface area (TPSA) is 105 Å². The average molecular weight is 453 g/mol. The molecule has 2 aromatic rings. The Bertz CT molecular complexity index is 958. The van der Waals surface area contributed by atoms with Crippen LogP contribution in [0.15, 0.2) is 48.5 Å². The molecule has 0 bridgehead atoms. The van der Waals surface area contributed by atoms with Crippen LogP contribution in [0.2, 0.25) is 0 Å². The first-order valence-electron chi connectivity index (χ1n) is 11.5. The van der Waals surface area contributed by atoms with Crippen molar-refractivity contribution in [1.29, 1.82) is 0 Å². The Morgan fingerprint density at radius 1 is 0.970 bits per heavy atom. The van der Waals surface area contributed by atoms with Gasteiger partial charge in [-0.1, -0.05) is 75.7 Å². The number of ether oxygens (including phenoxy) is 1. The van der Waals surface area contributed by atoms with Gasteiger partial charge in [-0.25, -0.2) is 9.59 Å². The molecule has 1 unspecified atom stereocenters. The third-order valence-electron chi connectivity index (χ3n) is 6.07. The standard InChI is InChI=1S/C26H32N2O5/c1-4-9-22(25(30)31)27-24(29)14-23(16(2)3)28-26(32)33-15-21-19-12-7-5-10-17(19)18-11-6-8-13-20(18)21/h5-8,10-13,16,21-23H,4,9,14-15H2,1-3H3,(H,27,29)(H,28,32)(H,30,31)/t22-,23?/m0/s1. The molecule has 0 fully saturated rings. The van der Waals surface area contributed by atoms with Crippen LogP contribution in [-0.2, 0) is 14.3 Å². The third-order valence-corrected chi connectivity index (χ3v) is 6.07. The van der Waals surface area contributed by atoms with Crippen LogP contribution in [0.3, 0.4) is 0 Å². The van der Waals surface area contributed by atoms with Gasteiger partial charge in [0.15, 0.2) is 0 Å². The Morgan fingerprint density at radius 3 is 2.06 bits per heavy atom. The van der Waals surface area contributed by atoms with Crippen molar-refractivity contribution >= 4 is 18.0 Å². The molecular formula is C26H32N2O5. The summed E-state index contributed by atoms with van der Waals surface area (Å²) in [4.78, 5) is 36.3. The van der Waals surface area contributed by atoms with Crippen LogP contribution in [0.1, 0.15) is 57.1 Å². The number of aliphatic carboxylic acids is 1. The minimum absolute atomic E-state index is 0.0185. The molecule has 0 saturated heterocycles. The summed E-state index contributed by atoms with van der Waals surface area (Å²) in [6.45, 7) is 5.83. The average Bonchev–Trinajstić information content (AvgIpc) is 3.10. The van der Waals surface area contributed by atoms with Gasteiger partial charge < -0.3 is 20.5 Å². The molecule has 7 nitrogen and oxygen atoms in total. The summed E-state index contributed by atoms with van der Waals surface area (Å²) in [6.07, 6.45) is 0.387. The van der Waals surface area contributed by atoms with E-state index in [0.29, 0.717) is 12.8 Å². The van der Waals surface area contributed by atoms with Crippen molar-refractivity contribution in [3.8, 4) is 11.1 Å². The first kappa shape index (κ1) is 24.3. The van der Waals surface area contributed by atoms with Crippen molar-refractivity contribution in [2.75, 3.05) is 6.61 Å². The second-order valence-electron chi connectivity index (χ2n) is 8.77. The fourth-order valence-corrected chi connectivity index (χ4v) is 4.24. The summed E-state index contributed by atoms with van der Waals surface area (Å²) in [6, 6.07) is 14.8. The van der Waals surface area contributed by atoms with Crippen LogP contribution >= 0.6 is 0 Å². The Hall–Kier alpha value is -3.35. The number of alkyl carbamates (subject to hydrolysis) is 1. The maximum Gasteiger partial charge on any atom is 0.407 e. The molecule has 0 saturated carbocycles. The lowest BCUT2D eigenvalue weighted by molar-refractivity contribution is -0.142. The second-order valence-corrected chi connectivity index (χ2v) is 8.77. The highest BCUT2D eigenvalue weighted by atomic mass is 16.5.